The molecule has 0 atom stereocenters. The molecule has 1 N–H and O–H groups in total. The highest BCUT2D eigenvalue weighted by molar-refractivity contribution is 7.89. The summed E-state index contributed by atoms with van der Waals surface area (Å²) in [6.07, 6.45) is 0. The number of carbonyl (C=O) groups is 2. The molecule has 30 heavy (non-hydrogen) atoms. The number of aryl methyl sites for hydroxylation is 1. The van der Waals surface area contributed by atoms with Gasteiger partial charge in [0.2, 0.25) is 10.0 Å². The van der Waals surface area contributed by atoms with Gasteiger partial charge in [0.05, 0.1) is 21.1 Å². The van der Waals surface area contributed by atoms with Gasteiger partial charge in [-0.15, -0.1) is 0 Å². The van der Waals surface area contributed by atoms with Crippen LogP contribution in [-0.2, 0) is 26.2 Å². The number of fused-ring (bicyclic) bond motifs is 1. The van der Waals surface area contributed by atoms with Crippen LogP contribution in [0.5, 0.6) is 0 Å². The Balaban J connectivity index is 1.63. The number of para-hydroxylation sites is 1. The van der Waals surface area contributed by atoms with Crippen LogP contribution < -0.4 is 4.72 Å². The predicted octanol–water partition coefficient (Wildman–Crippen LogP) is 3.42. The number of aromatic nitrogens is 1. The SMILES string of the molecule is CC(=O)c1ccc(S(=O)(=O)NCC(=O)OCc2nc3ccccc3c(C)c2Cl)cc1. The molecule has 3 rings (SSSR count). The van der Waals surface area contributed by atoms with E-state index < -0.39 is 22.5 Å². The van der Waals surface area contributed by atoms with E-state index in [9.17, 15) is 18.0 Å². The highest BCUT2D eigenvalue weighted by Crippen LogP contribution is 2.27. The quantitative estimate of drug-likeness (QED) is 0.440. The highest BCUT2D eigenvalue weighted by atomic mass is 35.5. The van der Waals surface area contributed by atoms with Crippen molar-refractivity contribution in [3.63, 3.8) is 0 Å². The monoisotopic (exact) mass is 446 g/mol. The first kappa shape index (κ1) is 21.9. The molecule has 0 aliphatic carbocycles. The van der Waals surface area contributed by atoms with Crippen LogP contribution in [0.4, 0.5) is 0 Å². The number of pyridine rings is 1. The molecule has 7 nitrogen and oxygen atoms in total. The molecular formula is C21H19ClN2O5S. The van der Waals surface area contributed by atoms with Crippen molar-refractivity contribution in [3.05, 3.63) is 70.4 Å². The summed E-state index contributed by atoms with van der Waals surface area (Å²) < 4.78 is 31.9. The Bertz CT molecular complexity index is 1220. The van der Waals surface area contributed by atoms with Crippen LogP contribution in [0, 0.1) is 6.92 Å². The van der Waals surface area contributed by atoms with Gasteiger partial charge in [0.1, 0.15) is 13.2 Å². The van der Waals surface area contributed by atoms with E-state index in [4.69, 9.17) is 16.3 Å². The van der Waals surface area contributed by atoms with Crippen LogP contribution in [0.2, 0.25) is 5.02 Å². The number of benzene rings is 2. The van der Waals surface area contributed by atoms with Crippen molar-refractivity contribution in [3.8, 4) is 0 Å². The normalized spacial score (nSPS) is 11.4. The standard InChI is InChI=1S/C21H19ClN2O5S/c1-13-17-5-3-4-6-18(17)24-19(21(13)22)12-29-20(26)11-23-30(27,28)16-9-7-15(8-10-16)14(2)25/h3-10,23H,11-12H2,1-2H3. The molecule has 2 aromatic carbocycles. The number of halogens is 1. The maximum atomic E-state index is 12.3. The number of Topliss-reactive ketones (excluding diaryl/α,β-unsaturated/α-hetero) is 1. The molecule has 0 radical (unpaired) electrons. The Morgan fingerprint density at radius 1 is 1.10 bits per heavy atom. The van der Waals surface area contributed by atoms with Gasteiger partial charge in [-0.1, -0.05) is 41.9 Å². The van der Waals surface area contributed by atoms with Crippen LogP contribution in [0.25, 0.3) is 10.9 Å². The van der Waals surface area contributed by atoms with Gasteiger partial charge >= 0.3 is 5.97 Å². The zero-order valence-corrected chi connectivity index (χ0v) is 17.9. The maximum Gasteiger partial charge on any atom is 0.321 e. The van der Waals surface area contributed by atoms with Gasteiger partial charge in [0.25, 0.3) is 0 Å². The average molecular weight is 447 g/mol. The lowest BCUT2D eigenvalue weighted by Gasteiger charge is -2.11. The van der Waals surface area contributed by atoms with Gasteiger partial charge in [0.15, 0.2) is 5.78 Å². The number of carbonyl (C=O) groups excluding carboxylic acids is 2. The zero-order valence-electron chi connectivity index (χ0n) is 16.3. The van der Waals surface area contributed by atoms with Crippen molar-refractivity contribution in [1.29, 1.82) is 0 Å². The molecule has 0 saturated heterocycles. The van der Waals surface area contributed by atoms with Crippen molar-refractivity contribution in [1.82, 2.24) is 9.71 Å². The lowest BCUT2D eigenvalue weighted by molar-refractivity contribution is -0.143. The van der Waals surface area contributed by atoms with E-state index in [1.807, 2.05) is 31.2 Å². The molecule has 0 bridgehead atoms. The Morgan fingerprint density at radius 3 is 2.43 bits per heavy atom. The third-order valence-electron chi connectivity index (χ3n) is 4.49. The fourth-order valence-electron chi connectivity index (χ4n) is 2.82. The van der Waals surface area contributed by atoms with Gasteiger partial charge < -0.3 is 4.74 Å². The minimum atomic E-state index is -3.93. The number of ether oxygens (including phenoxy) is 1. The second-order valence-electron chi connectivity index (χ2n) is 6.58. The molecule has 156 valence electrons. The summed E-state index contributed by atoms with van der Waals surface area (Å²) >= 11 is 6.33. The lowest BCUT2D eigenvalue weighted by atomic mass is 10.1. The molecule has 9 heteroatoms. The van der Waals surface area contributed by atoms with Gasteiger partial charge in [0, 0.05) is 10.9 Å². The Morgan fingerprint density at radius 2 is 1.77 bits per heavy atom. The van der Waals surface area contributed by atoms with E-state index in [1.165, 1.54) is 31.2 Å². The molecule has 0 saturated carbocycles. The topological polar surface area (TPSA) is 102 Å². The van der Waals surface area contributed by atoms with Crippen molar-refractivity contribution in [2.75, 3.05) is 6.54 Å². The smallest absolute Gasteiger partial charge is 0.321 e. The lowest BCUT2D eigenvalue weighted by Crippen LogP contribution is -2.30. The summed E-state index contributed by atoms with van der Waals surface area (Å²) in [5.74, 6) is -0.950. The van der Waals surface area contributed by atoms with E-state index in [0.29, 0.717) is 16.3 Å². The minimum Gasteiger partial charge on any atom is -0.458 e. The first-order valence-corrected chi connectivity index (χ1v) is 10.8. The fraction of sp³-hybridized carbons (Fsp3) is 0.190. The van der Waals surface area contributed by atoms with E-state index in [0.717, 1.165) is 16.5 Å². The third-order valence-corrected chi connectivity index (χ3v) is 6.41. The van der Waals surface area contributed by atoms with Crippen LogP contribution in [0.1, 0.15) is 28.5 Å². The van der Waals surface area contributed by atoms with Gasteiger partial charge in [-0.05, 0) is 37.6 Å². The number of sulfonamides is 1. The van der Waals surface area contributed by atoms with Crippen molar-refractivity contribution < 1.29 is 22.7 Å². The average Bonchev–Trinajstić information content (AvgIpc) is 2.74. The number of nitrogens with one attached hydrogen (secondary N) is 1. The predicted molar refractivity (Wildman–Crippen MR) is 113 cm³/mol. The van der Waals surface area contributed by atoms with E-state index in [2.05, 4.69) is 9.71 Å². The van der Waals surface area contributed by atoms with Crippen LogP contribution in [0.3, 0.4) is 0 Å². The molecule has 1 heterocycles. The first-order chi connectivity index (χ1) is 14.2. The number of rotatable bonds is 7. The maximum absolute atomic E-state index is 12.3. The molecular weight excluding hydrogens is 428 g/mol. The number of nitrogens with zero attached hydrogens (tertiary/aromatic N) is 1. The molecule has 0 aliphatic rings. The van der Waals surface area contributed by atoms with Gasteiger partial charge in [-0.25, -0.2) is 13.4 Å². The summed E-state index contributed by atoms with van der Waals surface area (Å²) in [7, 11) is -3.93. The number of hydrogen-bond acceptors (Lipinski definition) is 6. The third kappa shape index (κ3) is 4.84. The zero-order chi connectivity index (χ0) is 21.9. The summed E-state index contributed by atoms with van der Waals surface area (Å²) in [5.41, 5.74) is 2.33. The highest BCUT2D eigenvalue weighted by Gasteiger charge is 2.17. The first-order valence-electron chi connectivity index (χ1n) is 8.99. The molecule has 0 spiro atoms. The van der Waals surface area contributed by atoms with Crippen LogP contribution in [-0.4, -0.2) is 31.7 Å². The second kappa shape index (κ2) is 8.91. The molecule has 0 amide bonds. The number of ketones is 1. The van der Waals surface area contributed by atoms with Crippen molar-refractivity contribution in [2.24, 2.45) is 0 Å². The Labute approximate surface area is 179 Å². The van der Waals surface area contributed by atoms with E-state index in [1.54, 1.807) is 0 Å². The fourth-order valence-corrected chi connectivity index (χ4v) is 3.99. The van der Waals surface area contributed by atoms with E-state index in [-0.39, 0.29) is 17.3 Å². The number of esters is 1. The Hall–Kier alpha value is -2.81. The van der Waals surface area contributed by atoms with E-state index >= 15 is 0 Å². The summed E-state index contributed by atoms with van der Waals surface area (Å²) in [5, 5.41) is 1.30. The largest absolute Gasteiger partial charge is 0.458 e. The van der Waals surface area contributed by atoms with Crippen molar-refractivity contribution >= 4 is 44.3 Å². The van der Waals surface area contributed by atoms with Crippen LogP contribution >= 0.6 is 11.6 Å². The molecule has 0 fully saturated rings. The molecule has 0 aliphatic heterocycles. The summed E-state index contributed by atoms with van der Waals surface area (Å²) in [6, 6.07) is 12.9. The van der Waals surface area contributed by atoms with Crippen LogP contribution in [0.15, 0.2) is 53.4 Å². The molecule has 0 unspecified atom stereocenters. The molecule has 1 aromatic heterocycles. The second-order valence-corrected chi connectivity index (χ2v) is 8.73. The van der Waals surface area contributed by atoms with Crippen molar-refractivity contribution in [2.45, 2.75) is 25.3 Å². The summed E-state index contributed by atoms with van der Waals surface area (Å²) in [6.45, 7) is 2.50. The minimum absolute atomic E-state index is 0.0600. The van der Waals surface area contributed by atoms with Gasteiger partial charge in [-0.3, -0.25) is 9.59 Å². The molecule has 3 aromatic rings. The summed E-state index contributed by atoms with van der Waals surface area (Å²) in [4.78, 5) is 27.7. The Kier molecular flexibility index (Phi) is 6.50. The number of hydrogen-bond donors (Lipinski definition) is 1. The van der Waals surface area contributed by atoms with Gasteiger partial charge in [-0.2, -0.15) is 4.72 Å².